The first-order valence-electron chi connectivity index (χ1n) is 8.51. The minimum Gasteiger partial charge on any atom is -0.358 e. The molecule has 2 heterocycles. The summed E-state index contributed by atoms with van der Waals surface area (Å²) in [5.41, 5.74) is 4.34. The van der Waals surface area contributed by atoms with Crippen molar-refractivity contribution in [1.29, 1.82) is 0 Å². The van der Waals surface area contributed by atoms with Gasteiger partial charge in [-0.2, -0.15) is 0 Å². The molecule has 1 aliphatic heterocycles. The summed E-state index contributed by atoms with van der Waals surface area (Å²) in [6, 6.07) is 5.91. The van der Waals surface area contributed by atoms with E-state index in [-0.39, 0.29) is 5.91 Å². The van der Waals surface area contributed by atoms with Crippen LogP contribution in [0.25, 0.3) is 10.9 Å². The van der Waals surface area contributed by atoms with Crippen LogP contribution in [0.3, 0.4) is 0 Å². The van der Waals surface area contributed by atoms with Crippen molar-refractivity contribution in [2.24, 2.45) is 0 Å². The summed E-state index contributed by atoms with van der Waals surface area (Å²) in [7, 11) is 0. The third-order valence-electron chi connectivity index (χ3n) is 4.70. The second kappa shape index (κ2) is 7.15. The molecule has 1 fully saturated rings. The zero-order valence-electron chi connectivity index (χ0n) is 14.0. The maximum Gasteiger partial charge on any atom is 0.251 e. The van der Waals surface area contributed by atoms with Crippen LogP contribution >= 0.6 is 0 Å². The molecule has 1 aromatic carbocycles. The summed E-state index contributed by atoms with van der Waals surface area (Å²) in [6.45, 7) is 10.1. The molecule has 3 rings (SSSR count). The molecule has 5 nitrogen and oxygen atoms in total. The van der Waals surface area contributed by atoms with E-state index in [0.29, 0.717) is 6.54 Å². The number of hydrogen-bond donors (Lipinski definition) is 3. The molecule has 0 unspecified atom stereocenters. The Labute approximate surface area is 137 Å². The van der Waals surface area contributed by atoms with Gasteiger partial charge in [-0.15, -0.1) is 0 Å². The number of aryl methyl sites for hydroxylation is 2. The van der Waals surface area contributed by atoms with Gasteiger partial charge in [-0.05, 0) is 37.1 Å². The molecular weight excluding hydrogens is 288 g/mol. The summed E-state index contributed by atoms with van der Waals surface area (Å²) in [5.74, 6) is 0.0145. The number of hydrogen-bond acceptors (Lipinski definition) is 3. The van der Waals surface area contributed by atoms with Crippen LogP contribution in [0.4, 0.5) is 0 Å². The minimum absolute atomic E-state index is 0.0145. The van der Waals surface area contributed by atoms with E-state index in [1.807, 2.05) is 18.2 Å². The SMILES string of the molecule is CCc1[nH]c2ccc(C(=O)NCCN3CCNCC3)cc2c1C. The maximum atomic E-state index is 12.4. The number of fused-ring (bicyclic) bond motifs is 1. The fraction of sp³-hybridized carbons (Fsp3) is 0.500. The molecule has 5 heteroatoms. The van der Waals surface area contributed by atoms with Gasteiger partial charge < -0.3 is 15.6 Å². The van der Waals surface area contributed by atoms with Gasteiger partial charge >= 0.3 is 0 Å². The van der Waals surface area contributed by atoms with Gasteiger partial charge in [-0.3, -0.25) is 9.69 Å². The Morgan fingerprint density at radius 1 is 1.30 bits per heavy atom. The van der Waals surface area contributed by atoms with Crippen molar-refractivity contribution < 1.29 is 4.79 Å². The molecule has 0 spiro atoms. The number of amides is 1. The first-order chi connectivity index (χ1) is 11.2. The highest BCUT2D eigenvalue weighted by Crippen LogP contribution is 2.23. The van der Waals surface area contributed by atoms with Gasteiger partial charge in [-0.1, -0.05) is 6.92 Å². The third-order valence-corrected chi connectivity index (χ3v) is 4.70. The van der Waals surface area contributed by atoms with Crippen LogP contribution in [0.1, 0.15) is 28.5 Å². The van der Waals surface area contributed by atoms with Gasteiger partial charge in [0, 0.05) is 61.4 Å². The van der Waals surface area contributed by atoms with Gasteiger partial charge in [0.2, 0.25) is 0 Å². The van der Waals surface area contributed by atoms with E-state index < -0.39 is 0 Å². The second-order valence-electron chi connectivity index (χ2n) is 6.19. The molecule has 23 heavy (non-hydrogen) atoms. The molecule has 0 aliphatic carbocycles. The molecule has 3 N–H and O–H groups in total. The van der Waals surface area contributed by atoms with Crippen molar-refractivity contribution in [3.63, 3.8) is 0 Å². The zero-order chi connectivity index (χ0) is 16.2. The quantitative estimate of drug-likeness (QED) is 0.787. The van der Waals surface area contributed by atoms with E-state index in [0.717, 1.165) is 55.6 Å². The smallest absolute Gasteiger partial charge is 0.251 e. The molecule has 0 atom stereocenters. The normalized spacial score (nSPS) is 15.9. The molecule has 2 aromatic rings. The van der Waals surface area contributed by atoms with Crippen LogP contribution in [0.15, 0.2) is 18.2 Å². The van der Waals surface area contributed by atoms with Gasteiger partial charge in [0.25, 0.3) is 5.91 Å². The molecular formula is C18H26N4O. The summed E-state index contributed by atoms with van der Waals surface area (Å²) in [6.07, 6.45) is 0.979. The van der Waals surface area contributed by atoms with E-state index in [4.69, 9.17) is 0 Å². The highest BCUT2D eigenvalue weighted by atomic mass is 16.1. The number of nitrogens with one attached hydrogen (secondary N) is 3. The molecule has 1 aromatic heterocycles. The zero-order valence-corrected chi connectivity index (χ0v) is 14.0. The van der Waals surface area contributed by atoms with Gasteiger partial charge in [0.05, 0.1) is 0 Å². The molecule has 1 amide bonds. The fourth-order valence-electron chi connectivity index (χ4n) is 3.24. The number of aromatic nitrogens is 1. The number of carbonyl (C=O) groups excluding carboxylic acids is 1. The topological polar surface area (TPSA) is 60.2 Å². The summed E-state index contributed by atoms with van der Waals surface area (Å²) in [4.78, 5) is 18.2. The largest absolute Gasteiger partial charge is 0.358 e. The predicted octanol–water partition coefficient (Wildman–Crippen LogP) is 1.67. The van der Waals surface area contributed by atoms with E-state index >= 15 is 0 Å². The first kappa shape index (κ1) is 16.0. The van der Waals surface area contributed by atoms with Crippen molar-refractivity contribution in [1.82, 2.24) is 20.5 Å². The van der Waals surface area contributed by atoms with E-state index in [9.17, 15) is 4.79 Å². The van der Waals surface area contributed by atoms with Crippen LogP contribution in [0.2, 0.25) is 0 Å². The number of nitrogens with zero attached hydrogens (tertiary/aromatic N) is 1. The van der Waals surface area contributed by atoms with Crippen LogP contribution in [-0.4, -0.2) is 55.1 Å². The maximum absolute atomic E-state index is 12.4. The van der Waals surface area contributed by atoms with Gasteiger partial charge in [-0.25, -0.2) is 0 Å². The molecule has 1 aliphatic rings. The summed E-state index contributed by atoms with van der Waals surface area (Å²) < 4.78 is 0. The molecule has 0 bridgehead atoms. The lowest BCUT2D eigenvalue weighted by Gasteiger charge is -2.27. The molecule has 0 radical (unpaired) electrons. The number of H-pyrrole nitrogens is 1. The third kappa shape index (κ3) is 3.57. The van der Waals surface area contributed by atoms with E-state index in [1.165, 1.54) is 11.3 Å². The van der Waals surface area contributed by atoms with Crippen LogP contribution in [0.5, 0.6) is 0 Å². The summed E-state index contributed by atoms with van der Waals surface area (Å²) in [5, 5.41) is 7.53. The molecule has 124 valence electrons. The Hall–Kier alpha value is -1.85. The lowest BCUT2D eigenvalue weighted by atomic mass is 10.1. The Morgan fingerprint density at radius 3 is 2.83 bits per heavy atom. The van der Waals surface area contributed by atoms with Crippen molar-refractivity contribution in [3.05, 3.63) is 35.0 Å². The van der Waals surface area contributed by atoms with Crippen molar-refractivity contribution in [2.45, 2.75) is 20.3 Å². The Bertz CT molecular complexity index is 686. The van der Waals surface area contributed by atoms with E-state index in [1.54, 1.807) is 0 Å². The number of aromatic amines is 1. The Balaban J connectivity index is 1.62. The Morgan fingerprint density at radius 2 is 2.09 bits per heavy atom. The van der Waals surface area contributed by atoms with Crippen molar-refractivity contribution in [3.8, 4) is 0 Å². The Kier molecular flexibility index (Phi) is 4.98. The standard InChI is InChI=1S/C18H26N4O/c1-3-16-13(2)15-12-14(4-5-17(15)21-16)18(23)20-8-11-22-9-6-19-7-10-22/h4-5,12,19,21H,3,6-11H2,1-2H3,(H,20,23). The second-order valence-corrected chi connectivity index (χ2v) is 6.19. The van der Waals surface area contributed by atoms with Gasteiger partial charge in [0.1, 0.15) is 0 Å². The fourth-order valence-corrected chi connectivity index (χ4v) is 3.24. The van der Waals surface area contributed by atoms with Crippen LogP contribution < -0.4 is 10.6 Å². The summed E-state index contributed by atoms with van der Waals surface area (Å²) >= 11 is 0. The van der Waals surface area contributed by atoms with E-state index in [2.05, 4.69) is 34.4 Å². The number of carbonyl (C=O) groups is 1. The van der Waals surface area contributed by atoms with Crippen LogP contribution in [-0.2, 0) is 6.42 Å². The van der Waals surface area contributed by atoms with Crippen molar-refractivity contribution >= 4 is 16.8 Å². The number of piperazine rings is 1. The average Bonchev–Trinajstić information content (AvgIpc) is 2.91. The molecule has 0 saturated carbocycles. The van der Waals surface area contributed by atoms with Crippen molar-refractivity contribution in [2.75, 3.05) is 39.3 Å². The highest BCUT2D eigenvalue weighted by Gasteiger charge is 2.12. The highest BCUT2D eigenvalue weighted by molar-refractivity contribution is 5.99. The number of benzene rings is 1. The average molecular weight is 314 g/mol. The lowest BCUT2D eigenvalue weighted by molar-refractivity contribution is 0.0947. The minimum atomic E-state index is 0.0145. The van der Waals surface area contributed by atoms with Crippen LogP contribution in [0, 0.1) is 6.92 Å². The van der Waals surface area contributed by atoms with Gasteiger partial charge in [0.15, 0.2) is 0 Å². The first-order valence-corrected chi connectivity index (χ1v) is 8.51. The molecule has 1 saturated heterocycles. The predicted molar refractivity (Wildman–Crippen MR) is 94.1 cm³/mol. The lowest BCUT2D eigenvalue weighted by Crippen LogP contribution is -2.46. The monoisotopic (exact) mass is 314 g/mol. The number of rotatable bonds is 5.